The van der Waals surface area contributed by atoms with Crippen LogP contribution in [0.15, 0.2) is 54.6 Å². The first-order valence-corrected chi connectivity index (χ1v) is 9.81. The number of ether oxygens (including phenoxy) is 3. The average Bonchev–Trinajstić information content (AvgIpc) is 2.79. The third-order valence-corrected chi connectivity index (χ3v) is 4.70. The predicted octanol–water partition coefficient (Wildman–Crippen LogP) is 3.12. The molecule has 30 heavy (non-hydrogen) atoms. The van der Waals surface area contributed by atoms with Crippen LogP contribution in [0, 0.1) is 0 Å². The van der Waals surface area contributed by atoms with Gasteiger partial charge < -0.3 is 24.4 Å². The van der Waals surface area contributed by atoms with Gasteiger partial charge in [0, 0.05) is 30.5 Å². The van der Waals surface area contributed by atoms with E-state index in [9.17, 15) is 9.59 Å². The number of hydrogen-bond donors (Lipinski definition) is 1. The molecule has 0 saturated carbocycles. The Bertz CT molecular complexity index is 871. The number of nitrogens with one attached hydrogen (secondary N) is 1. The minimum absolute atomic E-state index is 0.389. The summed E-state index contributed by atoms with van der Waals surface area (Å²) in [7, 11) is 1.59. The quantitative estimate of drug-likeness (QED) is 0.558. The molecule has 0 radical (unpaired) electrons. The van der Waals surface area contributed by atoms with Crippen molar-refractivity contribution in [3.63, 3.8) is 0 Å². The molecule has 1 saturated heterocycles. The Morgan fingerprint density at radius 2 is 1.73 bits per heavy atom. The molecule has 1 aliphatic rings. The normalized spacial score (nSPS) is 14.9. The first-order chi connectivity index (χ1) is 14.5. The van der Waals surface area contributed by atoms with Gasteiger partial charge >= 0.3 is 5.97 Å². The number of rotatable bonds is 7. The molecule has 7 nitrogen and oxygen atoms in total. The van der Waals surface area contributed by atoms with Gasteiger partial charge in [0.05, 0.1) is 20.3 Å². The molecule has 0 aromatic heterocycles. The largest absolute Gasteiger partial charge is 0.497 e. The summed E-state index contributed by atoms with van der Waals surface area (Å²) in [6, 6.07) is 14.8. The minimum Gasteiger partial charge on any atom is -0.497 e. The second-order valence-electron chi connectivity index (χ2n) is 6.82. The number of methoxy groups -OCH3 is 1. The lowest BCUT2D eigenvalue weighted by Crippen LogP contribution is -2.36. The molecule has 2 aromatic rings. The summed E-state index contributed by atoms with van der Waals surface area (Å²) < 4.78 is 15.6. The van der Waals surface area contributed by atoms with Crippen molar-refractivity contribution in [2.45, 2.75) is 13.0 Å². The molecule has 1 heterocycles. The lowest BCUT2D eigenvalue weighted by Gasteiger charge is -2.28. The van der Waals surface area contributed by atoms with Gasteiger partial charge in [0.1, 0.15) is 5.75 Å². The van der Waals surface area contributed by atoms with Crippen molar-refractivity contribution in [2.24, 2.45) is 0 Å². The van der Waals surface area contributed by atoms with E-state index in [0.29, 0.717) is 18.9 Å². The van der Waals surface area contributed by atoms with Crippen molar-refractivity contribution in [1.82, 2.24) is 0 Å². The summed E-state index contributed by atoms with van der Waals surface area (Å²) in [6.45, 7) is 4.67. The molecule has 2 aromatic carbocycles. The Hall–Kier alpha value is -3.32. The van der Waals surface area contributed by atoms with Gasteiger partial charge in [0.25, 0.3) is 5.91 Å². The van der Waals surface area contributed by atoms with E-state index in [4.69, 9.17) is 14.2 Å². The fourth-order valence-electron chi connectivity index (χ4n) is 2.97. The maximum Gasteiger partial charge on any atom is 0.331 e. The van der Waals surface area contributed by atoms with Gasteiger partial charge in [-0.25, -0.2) is 4.79 Å². The number of carbonyl (C=O) groups is 2. The highest BCUT2D eigenvalue weighted by Gasteiger charge is 2.17. The van der Waals surface area contributed by atoms with Crippen LogP contribution in [0.2, 0.25) is 0 Å². The fraction of sp³-hybridized carbons (Fsp3) is 0.304. The second-order valence-corrected chi connectivity index (χ2v) is 6.82. The van der Waals surface area contributed by atoms with Crippen molar-refractivity contribution < 1.29 is 23.8 Å². The number of hydrogen-bond acceptors (Lipinski definition) is 6. The first-order valence-electron chi connectivity index (χ1n) is 9.81. The van der Waals surface area contributed by atoms with E-state index < -0.39 is 12.1 Å². The highest BCUT2D eigenvalue weighted by molar-refractivity contribution is 5.96. The second kappa shape index (κ2) is 10.5. The van der Waals surface area contributed by atoms with Gasteiger partial charge in [-0.3, -0.25) is 4.79 Å². The van der Waals surface area contributed by atoms with E-state index in [2.05, 4.69) is 10.2 Å². The Morgan fingerprint density at radius 3 is 2.37 bits per heavy atom. The van der Waals surface area contributed by atoms with Gasteiger partial charge in [-0.2, -0.15) is 0 Å². The summed E-state index contributed by atoms with van der Waals surface area (Å²) in [6.07, 6.45) is 2.00. The van der Waals surface area contributed by atoms with E-state index >= 15 is 0 Å². The zero-order chi connectivity index (χ0) is 21.3. The summed E-state index contributed by atoms with van der Waals surface area (Å²) in [4.78, 5) is 26.6. The topological polar surface area (TPSA) is 77.1 Å². The first kappa shape index (κ1) is 21.4. The number of carbonyl (C=O) groups excluding carboxylic acids is 2. The van der Waals surface area contributed by atoms with Crippen molar-refractivity contribution in [2.75, 3.05) is 43.6 Å². The van der Waals surface area contributed by atoms with Gasteiger partial charge in [-0.15, -0.1) is 0 Å². The lowest BCUT2D eigenvalue weighted by atomic mass is 10.2. The molecule has 0 bridgehead atoms. The van der Waals surface area contributed by atoms with Crippen LogP contribution in [0.1, 0.15) is 12.5 Å². The van der Waals surface area contributed by atoms with E-state index in [0.717, 1.165) is 30.1 Å². The molecule has 1 aliphatic heterocycles. The van der Waals surface area contributed by atoms with Gasteiger partial charge in [0.2, 0.25) is 0 Å². The monoisotopic (exact) mass is 410 g/mol. The smallest absolute Gasteiger partial charge is 0.331 e. The van der Waals surface area contributed by atoms with Crippen molar-refractivity contribution in [3.8, 4) is 5.75 Å². The maximum atomic E-state index is 12.3. The molecule has 1 fully saturated rings. The molecule has 7 heteroatoms. The van der Waals surface area contributed by atoms with E-state index in [-0.39, 0.29) is 5.91 Å². The number of esters is 1. The highest BCUT2D eigenvalue weighted by Crippen LogP contribution is 2.19. The Morgan fingerprint density at radius 1 is 1.07 bits per heavy atom. The predicted molar refractivity (Wildman–Crippen MR) is 116 cm³/mol. The van der Waals surface area contributed by atoms with Crippen LogP contribution in [-0.2, 0) is 19.1 Å². The molecule has 0 unspecified atom stereocenters. The molecule has 0 aliphatic carbocycles. The van der Waals surface area contributed by atoms with E-state index in [1.54, 1.807) is 25.3 Å². The Labute approximate surface area is 176 Å². The van der Waals surface area contributed by atoms with Crippen molar-refractivity contribution in [3.05, 3.63) is 60.2 Å². The van der Waals surface area contributed by atoms with Gasteiger partial charge in [-0.05, 0) is 55.0 Å². The summed E-state index contributed by atoms with van der Waals surface area (Å²) in [5.74, 6) is -0.241. The fourth-order valence-corrected chi connectivity index (χ4v) is 2.97. The zero-order valence-electron chi connectivity index (χ0n) is 17.2. The third kappa shape index (κ3) is 6.09. The molecular formula is C23H26N2O5. The van der Waals surface area contributed by atoms with Crippen LogP contribution >= 0.6 is 0 Å². The van der Waals surface area contributed by atoms with E-state index in [1.165, 1.54) is 13.0 Å². The summed E-state index contributed by atoms with van der Waals surface area (Å²) in [5.41, 5.74) is 2.55. The number of anilines is 2. The Balaban J connectivity index is 1.48. The highest BCUT2D eigenvalue weighted by atomic mass is 16.5. The molecule has 3 rings (SSSR count). The zero-order valence-corrected chi connectivity index (χ0v) is 17.2. The van der Waals surface area contributed by atoms with Crippen molar-refractivity contribution >= 4 is 29.3 Å². The standard InChI is InChI=1S/C23H26N2O5/c1-17(30-22(26)12-5-18-3-10-21(28-2)11-4-18)23(27)24-19-6-8-20(9-7-19)25-13-15-29-16-14-25/h3-12,17H,13-16H2,1-2H3,(H,24,27)/b12-5+/t17-/m0/s1. The van der Waals surface area contributed by atoms with Crippen LogP contribution in [0.5, 0.6) is 5.75 Å². The molecular weight excluding hydrogens is 384 g/mol. The molecule has 1 amide bonds. The number of benzene rings is 2. The number of nitrogens with zero attached hydrogens (tertiary/aromatic N) is 1. The van der Waals surface area contributed by atoms with Gasteiger partial charge in [0.15, 0.2) is 6.10 Å². The number of amides is 1. The minimum atomic E-state index is -0.920. The van der Waals surface area contributed by atoms with Crippen LogP contribution in [0.25, 0.3) is 6.08 Å². The van der Waals surface area contributed by atoms with Gasteiger partial charge in [-0.1, -0.05) is 12.1 Å². The van der Waals surface area contributed by atoms with Crippen LogP contribution in [0.4, 0.5) is 11.4 Å². The number of morpholine rings is 1. The van der Waals surface area contributed by atoms with Crippen LogP contribution < -0.4 is 15.0 Å². The lowest BCUT2D eigenvalue weighted by molar-refractivity contribution is -0.148. The van der Waals surface area contributed by atoms with Crippen molar-refractivity contribution in [1.29, 1.82) is 0 Å². The van der Waals surface area contributed by atoms with Crippen LogP contribution in [-0.4, -0.2) is 51.4 Å². The molecule has 1 atom stereocenters. The molecule has 1 N–H and O–H groups in total. The third-order valence-electron chi connectivity index (χ3n) is 4.70. The summed E-state index contributed by atoms with van der Waals surface area (Å²) in [5, 5.41) is 2.77. The SMILES string of the molecule is COc1ccc(/C=C/C(=O)O[C@@H](C)C(=O)Nc2ccc(N3CCOCC3)cc2)cc1. The van der Waals surface area contributed by atoms with Crippen LogP contribution in [0.3, 0.4) is 0 Å². The maximum absolute atomic E-state index is 12.3. The molecule has 0 spiro atoms. The summed E-state index contributed by atoms with van der Waals surface area (Å²) >= 11 is 0. The Kier molecular flexibility index (Phi) is 7.45. The average molecular weight is 410 g/mol. The molecule has 158 valence electrons. The van der Waals surface area contributed by atoms with E-state index in [1.807, 2.05) is 36.4 Å².